The van der Waals surface area contributed by atoms with E-state index in [0.29, 0.717) is 29.8 Å². The Kier molecular flexibility index (Phi) is 23.7. The van der Waals surface area contributed by atoms with E-state index in [-0.39, 0.29) is 49.2 Å². The molecular weight excluding hydrogens is 995 g/mol. The van der Waals surface area contributed by atoms with Gasteiger partial charge in [-0.2, -0.15) is 0 Å². The van der Waals surface area contributed by atoms with Gasteiger partial charge in [0.15, 0.2) is 17.0 Å². The number of ketones is 1. The maximum Gasteiger partial charge on any atom is 0.329 e. The van der Waals surface area contributed by atoms with Crippen LogP contribution in [0.2, 0.25) is 0 Å². The number of ether oxygens (including phenoxy) is 3. The molecule has 0 spiro atoms. The molecule has 2 aromatic carbocycles. The number of hydrogen-bond acceptors (Lipinski definition) is 13. The topological polar surface area (TPSA) is 242 Å². The first-order valence-corrected chi connectivity index (χ1v) is 27.0. The zero-order valence-electron chi connectivity index (χ0n) is 46.6. The molecule has 0 bridgehead atoms. The number of anilines is 1. The Bertz CT molecular complexity index is 2330. The number of nitrogens with one attached hydrogen (secondary N) is 4. The van der Waals surface area contributed by atoms with Gasteiger partial charge in [-0.25, -0.2) is 4.79 Å². The average Bonchev–Trinajstić information content (AvgIpc) is 3.87. The van der Waals surface area contributed by atoms with Crippen molar-refractivity contribution < 1.29 is 57.7 Å². The maximum atomic E-state index is 15.0. The van der Waals surface area contributed by atoms with Crippen molar-refractivity contribution in [1.82, 2.24) is 30.7 Å². The number of likely N-dealkylation sites (N-methyl/N-ethyl adjacent to an activating group) is 2. The molecule has 2 fully saturated rings. The molecule has 2 aliphatic heterocycles. The summed E-state index contributed by atoms with van der Waals surface area (Å²) in [4.78, 5) is 120. The predicted octanol–water partition coefficient (Wildman–Crippen LogP) is 4.82. The molecule has 2 heterocycles. The highest BCUT2D eigenvalue weighted by Crippen LogP contribution is 2.26. The van der Waals surface area contributed by atoms with Crippen molar-refractivity contribution in [2.75, 3.05) is 33.1 Å². The van der Waals surface area contributed by atoms with E-state index in [1.165, 1.54) is 37.8 Å². The summed E-state index contributed by atoms with van der Waals surface area (Å²) in [6, 6.07) is 8.69. The summed E-state index contributed by atoms with van der Waals surface area (Å²) in [5.41, 5.74) is 1.29. The number of Topliss-reactive ketones (excluding diaryl/α,β-unsaturated/α-hetero) is 1. The van der Waals surface area contributed by atoms with Crippen LogP contribution in [0.1, 0.15) is 113 Å². The molecule has 2 aliphatic rings. The van der Waals surface area contributed by atoms with Crippen LogP contribution in [0.3, 0.4) is 0 Å². The highest BCUT2D eigenvalue weighted by atomic mass is 32.1. The smallest absolute Gasteiger partial charge is 0.329 e. The third-order valence-electron chi connectivity index (χ3n) is 14.3. The van der Waals surface area contributed by atoms with Crippen LogP contribution in [0.25, 0.3) is 0 Å². The minimum absolute atomic E-state index is 0.0483. The van der Waals surface area contributed by atoms with Gasteiger partial charge in [0.2, 0.25) is 29.5 Å². The third kappa shape index (κ3) is 16.9. The second-order valence-electron chi connectivity index (χ2n) is 21.5. The van der Waals surface area contributed by atoms with Crippen LogP contribution in [-0.4, -0.2) is 154 Å². The Balaban J connectivity index is 1.88. The first-order chi connectivity index (χ1) is 35.8. The number of fused-ring (bicyclic) bond motifs is 1. The molecule has 20 heteroatoms. The fourth-order valence-corrected chi connectivity index (χ4v) is 9.72. The third-order valence-corrected chi connectivity index (χ3v) is 14.7. The van der Waals surface area contributed by atoms with Crippen molar-refractivity contribution in [3.05, 3.63) is 60.2 Å². The lowest BCUT2D eigenvalue weighted by Crippen LogP contribution is -2.61. The zero-order valence-corrected chi connectivity index (χ0v) is 47.4. The number of esters is 2. The number of carbonyl (C=O) groups excluding carboxylic acids is 8. The number of methoxy groups -OCH3 is 1. The molecule has 420 valence electrons. The molecule has 76 heavy (non-hydrogen) atoms. The van der Waals surface area contributed by atoms with Gasteiger partial charge in [0.05, 0.1) is 31.6 Å². The highest BCUT2D eigenvalue weighted by molar-refractivity contribution is 7.80. The van der Waals surface area contributed by atoms with Crippen molar-refractivity contribution in [1.29, 1.82) is 0 Å². The lowest BCUT2D eigenvalue weighted by Gasteiger charge is -2.36. The second-order valence-corrected chi connectivity index (χ2v) is 21.9. The Hall–Kier alpha value is -6.15. The van der Waals surface area contributed by atoms with Gasteiger partial charge in [0.25, 0.3) is 0 Å². The van der Waals surface area contributed by atoms with Gasteiger partial charge >= 0.3 is 11.9 Å². The molecule has 5 N–H and O–H groups in total. The van der Waals surface area contributed by atoms with E-state index in [1.807, 2.05) is 65.0 Å². The number of thiocarbonyl (C=S) groups is 1. The second kappa shape index (κ2) is 28.8. The van der Waals surface area contributed by atoms with Crippen molar-refractivity contribution in [2.24, 2.45) is 29.6 Å². The largest absolute Gasteiger partial charge is 0.497 e. The number of aliphatic hydroxyl groups excluding tert-OH is 1. The van der Waals surface area contributed by atoms with Crippen LogP contribution >= 0.6 is 12.2 Å². The molecule has 2 saturated heterocycles. The fraction of sp³-hybridized carbons (Fsp3) is 0.625. The SMILES string of the molecule is CC[C@H](C)C1NC(=O)[C@@H](NC(=O)[C@@H](CC(C)C)N(C)C(=S)Nc2ccccc2)[C@@H](C)OC(=O)[C@H](Cc2ccc(OC)cc2)N(C)C(=O)C2CCCN2C(=O)[C@H](CC(C)C)NC(=O)[C@@H](C)C(=O)[C@H](C(C)C)OC(=O)C[C@@H]1O. The van der Waals surface area contributed by atoms with Gasteiger partial charge in [-0.1, -0.05) is 92.1 Å². The van der Waals surface area contributed by atoms with Crippen molar-refractivity contribution in [2.45, 2.75) is 169 Å². The molecule has 2 aromatic rings. The molecule has 0 aromatic heterocycles. The van der Waals surface area contributed by atoms with Gasteiger partial charge in [-0.15, -0.1) is 0 Å². The van der Waals surface area contributed by atoms with E-state index in [4.69, 9.17) is 26.4 Å². The summed E-state index contributed by atoms with van der Waals surface area (Å²) >= 11 is 5.77. The number of hydrogen-bond donors (Lipinski definition) is 5. The van der Waals surface area contributed by atoms with Crippen LogP contribution < -0.4 is 26.0 Å². The average molecular weight is 1080 g/mol. The molecule has 19 nitrogen and oxygen atoms in total. The summed E-state index contributed by atoms with van der Waals surface area (Å²) in [6.07, 6.45) is -3.72. The molecule has 0 radical (unpaired) electrons. The summed E-state index contributed by atoms with van der Waals surface area (Å²) in [5, 5.41) is 23.6. The Morgan fingerprint density at radius 1 is 0.895 bits per heavy atom. The molecule has 2 unspecified atom stereocenters. The van der Waals surface area contributed by atoms with Crippen molar-refractivity contribution in [3.63, 3.8) is 0 Å². The zero-order chi connectivity index (χ0) is 56.7. The molecule has 0 saturated carbocycles. The van der Waals surface area contributed by atoms with Crippen molar-refractivity contribution in [3.8, 4) is 5.75 Å². The quantitative estimate of drug-likeness (QED) is 0.0969. The van der Waals surface area contributed by atoms with Crippen LogP contribution in [-0.2, 0) is 54.3 Å². The van der Waals surface area contributed by atoms with E-state index in [0.717, 1.165) is 0 Å². The van der Waals surface area contributed by atoms with Gasteiger partial charge in [-0.05, 0) is 105 Å². The number of nitrogens with zero attached hydrogens (tertiary/aromatic N) is 3. The van der Waals surface area contributed by atoms with Crippen LogP contribution in [0.4, 0.5) is 5.69 Å². The van der Waals surface area contributed by atoms with E-state index >= 15 is 0 Å². The number of cyclic esters (lactones) is 2. The van der Waals surface area contributed by atoms with Crippen LogP contribution in [0, 0.1) is 29.6 Å². The number of rotatable bonds is 14. The Labute approximate surface area is 454 Å². The van der Waals surface area contributed by atoms with Gasteiger partial charge in [-0.3, -0.25) is 33.6 Å². The predicted molar refractivity (Wildman–Crippen MR) is 291 cm³/mol. The minimum atomic E-state index is -1.64. The first kappa shape index (κ1) is 62.4. The number of amides is 5. The standard InChI is InChI=1S/C56H83N7O12S/c1-14-34(8)46-44(64)30-45(65)75-49(33(6)7)48(66)35(9)50(67)58-40(27-31(2)3)53(70)63-26-18-21-41(63)54(71)61(11)43(29-37-22-24-39(73-13)25-23-37)55(72)74-36(10)47(52(69)59-46)60-51(68)42(28-32(4)5)62(12)56(76)57-38-19-16-15-17-20-38/h15-17,19-20,22-25,31-36,40-44,46-47,49,64H,14,18,21,26-30H2,1-13H3,(H,57,76)(H,58,67)(H,59,69)(H,60,68)/t34-,35-,36+,40-,41?,42+,43-,44-,46?,47-,49-/m0/s1. The normalized spacial score (nSPS) is 25.8. The van der Waals surface area contributed by atoms with Gasteiger partial charge < -0.3 is 55.3 Å². The van der Waals surface area contributed by atoms with E-state index < -0.39 is 126 Å². The lowest BCUT2D eigenvalue weighted by molar-refractivity contribution is -0.163. The van der Waals surface area contributed by atoms with Crippen LogP contribution in [0.5, 0.6) is 5.75 Å². The first-order valence-electron chi connectivity index (χ1n) is 26.6. The lowest BCUT2D eigenvalue weighted by atomic mass is 9.91. The summed E-state index contributed by atoms with van der Waals surface area (Å²) in [7, 11) is 4.59. The molecular formula is C56H83N7O12S. The fourth-order valence-electron chi connectivity index (χ4n) is 9.48. The van der Waals surface area contributed by atoms with Crippen LogP contribution in [0.15, 0.2) is 54.6 Å². The maximum absolute atomic E-state index is 15.0. The highest BCUT2D eigenvalue weighted by Gasteiger charge is 2.45. The molecule has 4 rings (SSSR count). The monoisotopic (exact) mass is 1080 g/mol. The Morgan fingerprint density at radius 3 is 2.12 bits per heavy atom. The number of carbonyl (C=O) groups is 8. The van der Waals surface area contributed by atoms with E-state index in [9.17, 15) is 43.5 Å². The number of para-hydroxylation sites is 1. The summed E-state index contributed by atoms with van der Waals surface area (Å²) in [5.74, 6) is -8.20. The number of aliphatic hydroxyl groups is 1. The van der Waals surface area contributed by atoms with Crippen molar-refractivity contribution >= 4 is 70.3 Å². The summed E-state index contributed by atoms with van der Waals surface area (Å²) < 4.78 is 17.3. The number of benzene rings is 2. The molecule has 11 atom stereocenters. The molecule has 5 amide bonds. The van der Waals surface area contributed by atoms with Gasteiger partial charge in [0, 0.05) is 32.7 Å². The summed E-state index contributed by atoms with van der Waals surface area (Å²) in [6.45, 7) is 17.4. The van der Waals surface area contributed by atoms with E-state index in [2.05, 4.69) is 21.3 Å². The minimum Gasteiger partial charge on any atom is -0.497 e. The van der Waals surface area contributed by atoms with Gasteiger partial charge in [0.1, 0.15) is 42.1 Å². The van der Waals surface area contributed by atoms with E-state index in [1.54, 1.807) is 57.0 Å². The Morgan fingerprint density at radius 2 is 1.54 bits per heavy atom. The molecule has 0 aliphatic carbocycles.